The highest BCUT2D eigenvalue weighted by atomic mass is 15.0. The van der Waals surface area contributed by atoms with Crippen LogP contribution < -0.4 is 0 Å². The molecule has 6 rings (SSSR count). The van der Waals surface area contributed by atoms with Crippen LogP contribution in [-0.4, -0.2) is 9.55 Å². The third kappa shape index (κ3) is 1.67. The lowest BCUT2D eigenvalue weighted by Crippen LogP contribution is -1.93. The average molecular weight is 330 g/mol. The molecule has 0 aliphatic heterocycles. The van der Waals surface area contributed by atoms with Gasteiger partial charge in [0.15, 0.2) is 0 Å². The zero-order valence-corrected chi connectivity index (χ0v) is 14.0. The molecule has 2 heterocycles. The number of rotatable bonds is 1. The number of benzene rings is 3. The van der Waals surface area contributed by atoms with E-state index in [1.54, 1.807) is 0 Å². The molecule has 6 aromatic rings. The summed E-state index contributed by atoms with van der Waals surface area (Å²) in [5.74, 6) is 0. The largest absolute Gasteiger partial charge is 0.347 e. The zero-order valence-electron chi connectivity index (χ0n) is 14.0. The molecule has 0 unspecified atom stereocenters. The van der Waals surface area contributed by atoms with Crippen molar-refractivity contribution >= 4 is 43.6 Å². The van der Waals surface area contributed by atoms with E-state index in [1.165, 1.54) is 38.3 Å². The molecule has 2 aromatic heterocycles. The van der Waals surface area contributed by atoms with Crippen LogP contribution in [0.4, 0.5) is 0 Å². The molecule has 0 aliphatic carbocycles. The zero-order chi connectivity index (χ0) is 17.1. The third-order valence-electron chi connectivity index (χ3n) is 5.18. The molecule has 2 nitrogen and oxygen atoms in total. The molecule has 0 saturated heterocycles. The number of fused-ring (bicyclic) bond motifs is 7. The third-order valence-corrected chi connectivity index (χ3v) is 5.18. The quantitative estimate of drug-likeness (QED) is 0.381. The number of nitrogens with zero attached hydrogens (tertiary/aromatic N) is 1. The number of H-pyrrole nitrogens is 1. The first-order valence-corrected chi connectivity index (χ1v) is 8.73. The van der Waals surface area contributed by atoms with E-state index in [4.69, 9.17) is 0 Å². The maximum absolute atomic E-state index is 3.49. The van der Waals surface area contributed by atoms with Gasteiger partial charge in [-0.2, -0.15) is 0 Å². The van der Waals surface area contributed by atoms with Crippen molar-refractivity contribution in [3.05, 3.63) is 91.0 Å². The Morgan fingerprint density at radius 3 is 2.50 bits per heavy atom. The minimum Gasteiger partial charge on any atom is -0.347 e. The molecular weight excluding hydrogens is 316 g/mol. The smallest absolute Gasteiger partial charge is 0.0982 e. The highest BCUT2D eigenvalue weighted by Gasteiger charge is 2.17. The lowest BCUT2D eigenvalue weighted by atomic mass is 10.1. The molecule has 1 N–H and O–H groups in total. The Bertz CT molecular complexity index is 1420. The minimum absolute atomic E-state index is 1.000. The first-order valence-electron chi connectivity index (χ1n) is 8.73. The Morgan fingerprint density at radius 1 is 0.731 bits per heavy atom. The van der Waals surface area contributed by atoms with Crippen molar-refractivity contribution in [3.8, 4) is 5.69 Å². The van der Waals surface area contributed by atoms with Crippen molar-refractivity contribution in [1.82, 2.24) is 9.55 Å². The predicted molar refractivity (Wildman–Crippen MR) is 108 cm³/mol. The van der Waals surface area contributed by atoms with Gasteiger partial charge in [0.1, 0.15) is 0 Å². The highest BCUT2D eigenvalue weighted by Crippen LogP contribution is 2.38. The molecule has 4 aromatic carbocycles. The fourth-order valence-corrected chi connectivity index (χ4v) is 4.11. The van der Waals surface area contributed by atoms with Gasteiger partial charge < -0.3 is 9.55 Å². The Morgan fingerprint density at radius 2 is 1.58 bits per heavy atom. The summed E-state index contributed by atoms with van der Waals surface area (Å²) in [7, 11) is 0. The van der Waals surface area contributed by atoms with Gasteiger partial charge in [-0.1, -0.05) is 48.5 Å². The van der Waals surface area contributed by atoms with Crippen LogP contribution in [0, 0.1) is 12.1 Å². The molecule has 2 heteroatoms. The molecule has 0 saturated carbocycles. The second-order valence-corrected chi connectivity index (χ2v) is 6.59. The van der Waals surface area contributed by atoms with E-state index in [2.05, 4.69) is 94.5 Å². The molecule has 0 amide bonds. The lowest BCUT2D eigenvalue weighted by molar-refractivity contribution is 1.19. The Hall–Kier alpha value is -3.70. The minimum atomic E-state index is 1.000. The molecule has 0 radical (unpaired) electrons. The van der Waals surface area contributed by atoms with Crippen molar-refractivity contribution in [3.63, 3.8) is 0 Å². The van der Waals surface area contributed by atoms with Crippen LogP contribution >= 0.6 is 0 Å². The first kappa shape index (κ1) is 13.6. The fourth-order valence-electron chi connectivity index (χ4n) is 4.11. The molecule has 0 aliphatic rings. The predicted octanol–water partition coefficient (Wildman–Crippen LogP) is 6.02. The van der Waals surface area contributed by atoms with Crippen LogP contribution in [0.3, 0.4) is 0 Å². The molecule has 0 fully saturated rings. The fraction of sp³-hybridized carbons (Fsp3) is 0. The van der Waals surface area contributed by atoms with Gasteiger partial charge in [0.2, 0.25) is 0 Å². The molecule has 0 atom stereocenters. The van der Waals surface area contributed by atoms with Crippen molar-refractivity contribution in [2.24, 2.45) is 0 Å². The number of aromatic amines is 1. The van der Waals surface area contributed by atoms with Crippen molar-refractivity contribution in [1.29, 1.82) is 0 Å². The summed E-state index contributed by atoms with van der Waals surface area (Å²) < 4.78 is 2.37. The summed E-state index contributed by atoms with van der Waals surface area (Å²) in [6, 6.07) is 33.9. The summed E-state index contributed by atoms with van der Waals surface area (Å²) in [6.45, 7) is 0. The van der Waals surface area contributed by atoms with Crippen LogP contribution in [0.15, 0.2) is 78.9 Å². The SMILES string of the molecule is c1ccc2c(c#1)[nH]c1ccc3c4ccccc4n(-c4ccccc4)c3c12. The van der Waals surface area contributed by atoms with E-state index >= 15 is 0 Å². The van der Waals surface area contributed by atoms with Gasteiger partial charge in [-0.05, 0) is 42.5 Å². The Labute approximate surface area is 150 Å². The summed E-state index contributed by atoms with van der Waals surface area (Å²) >= 11 is 0. The van der Waals surface area contributed by atoms with Crippen molar-refractivity contribution in [2.75, 3.05) is 0 Å². The summed E-state index contributed by atoms with van der Waals surface area (Å²) in [4.78, 5) is 3.49. The average Bonchev–Trinajstić information content (AvgIpc) is 3.24. The second kappa shape index (κ2) is 4.91. The Kier molecular flexibility index (Phi) is 2.56. The lowest BCUT2D eigenvalue weighted by Gasteiger charge is -2.08. The number of aromatic nitrogens is 2. The van der Waals surface area contributed by atoms with Gasteiger partial charge >= 0.3 is 0 Å². The molecule has 26 heavy (non-hydrogen) atoms. The van der Waals surface area contributed by atoms with Crippen LogP contribution in [0.25, 0.3) is 49.3 Å². The van der Waals surface area contributed by atoms with Gasteiger partial charge in [0.25, 0.3) is 0 Å². The first-order chi connectivity index (χ1) is 12.9. The van der Waals surface area contributed by atoms with Crippen molar-refractivity contribution < 1.29 is 0 Å². The summed E-state index contributed by atoms with van der Waals surface area (Å²) in [6.07, 6.45) is 0. The monoisotopic (exact) mass is 330 g/mol. The van der Waals surface area contributed by atoms with E-state index in [9.17, 15) is 0 Å². The van der Waals surface area contributed by atoms with Gasteiger partial charge in [0, 0.05) is 32.7 Å². The Balaban J connectivity index is 1.96. The van der Waals surface area contributed by atoms with E-state index in [0.29, 0.717) is 0 Å². The van der Waals surface area contributed by atoms with Gasteiger partial charge in [-0.15, -0.1) is 0 Å². The molecule has 0 spiro atoms. The van der Waals surface area contributed by atoms with E-state index in [0.717, 1.165) is 11.0 Å². The summed E-state index contributed by atoms with van der Waals surface area (Å²) in [5.41, 5.74) is 5.76. The second-order valence-electron chi connectivity index (χ2n) is 6.59. The molecular formula is C24H14N2. The van der Waals surface area contributed by atoms with Crippen LogP contribution in [0.5, 0.6) is 0 Å². The number of nitrogens with one attached hydrogen (secondary N) is 1. The molecule has 120 valence electrons. The normalized spacial score (nSPS) is 11.5. The number of para-hydroxylation sites is 2. The van der Waals surface area contributed by atoms with Crippen molar-refractivity contribution in [2.45, 2.75) is 0 Å². The summed E-state index contributed by atoms with van der Waals surface area (Å²) in [5, 5.41) is 4.96. The van der Waals surface area contributed by atoms with Gasteiger partial charge in [-0.3, -0.25) is 0 Å². The molecule has 0 bridgehead atoms. The number of hydrogen-bond acceptors (Lipinski definition) is 0. The van der Waals surface area contributed by atoms with E-state index < -0.39 is 0 Å². The van der Waals surface area contributed by atoms with Gasteiger partial charge in [-0.25, -0.2) is 0 Å². The topological polar surface area (TPSA) is 20.7 Å². The van der Waals surface area contributed by atoms with Gasteiger partial charge in [0.05, 0.1) is 16.6 Å². The van der Waals surface area contributed by atoms with Crippen LogP contribution in [0.1, 0.15) is 0 Å². The maximum Gasteiger partial charge on any atom is 0.0982 e. The highest BCUT2D eigenvalue weighted by molar-refractivity contribution is 6.25. The van der Waals surface area contributed by atoms with Crippen LogP contribution in [-0.2, 0) is 0 Å². The van der Waals surface area contributed by atoms with E-state index in [1.807, 2.05) is 6.07 Å². The number of hydrogen-bond donors (Lipinski definition) is 1. The van der Waals surface area contributed by atoms with E-state index in [-0.39, 0.29) is 0 Å². The van der Waals surface area contributed by atoms with Crippen LogP contribution in [0.2, 0.25) is 0 Å². The maximum atomic E-state index is 3.49. The standard InChI is InChI=1S/C24H14N2/c1-2-8-16(9-3-1)26-22-13-7-5-10-17(22)18-14-15-21-23(24(18)26)19-11-4-6-12-20(19)25-21/h1-5,7-11,13-15,25H.